The molecular weight excluding hydrogens is 200 g/mol. The largest absolute Gasteiger partial charge is 0.374 e. The number of nitrogens with two attached hydrogens (primary N) is 1. The van der Waals surface area contributed by atoms with E-state index < -0.39 is 0 Å². The quantitative estimate of drug-likeness (QED) is 0.821. The maximum atomic E-state index is 10.9. The van der Waals surface area contributed by atoms with Crippen molar-refractivity contribution in [2.45, 2.75) is 39.2 Å². The summed E-state index contributed by atoms with van der Waals surface area (Å²) in [6.07, 6.45) is 0. The van der Waals surface area contributed by atoms with Gasteiger partial charge in [0.15, 0.2) is 0 Å². The number of benzene rings is 1. The van der Waals surface area contributed by atoms with Gasteiger partial charge in [-0.2, -0.15) is 0 Å². The molecule has 88 valence electrons. The van der Waals surface area contributed by atoms with Crippen molar-refractivity contribution in [1.82, 2.24) is 0 Å². The molecule has 0 radical (unpaired) electrons. The summed E-state index contributed by atoms with van der Waals surface area (Å²) in [4.78, 5) is 10.9. The molecule has 1 amide bonds. The third-order valence-corrected chi connectivity index (χ3v) is 2.56. The topological polar surface area (TPSA) is 55.1 Å². The smallest absolute Gasteiger partial charge is 0.239 e. The van der Waals surface area contributed by atoms with Crippen LogP contribution in [0.15, 0.2) is 24.3 Å². The lowest BCUT2D eigenvalue weighted by Crippen LogP contribution is -2.32. The van der Waals surface area contributed by atoms with Crippen LogP contribution < -0.4 is 11.1 Å². The van der Waals surface area contributed by atoms with Crippen molar-refractivity contribution in [3.8, 4) is 0 Å². The molecule has 0 aromatic heterocycles. The van der Waals surface area contributed by atoms with Crippen LogP contribution in [-0.2, 0) is 10.2 Å². The third-order valence-electron chi connectivity index (χ3n) is 2.56. The molecule has 0 saturated carbocycles. The Kier molecular flexibility index (Phi) is 3.58. The van der Waals surface area contributed by atoms with Gasteiger partial charge in [-0.15, -0.1) is 0 Å². The SMILES string of the molecule is C[C@@H](Nc1ccc(C(C)(C)C)cc1)C(N)=O. The molecule has 0 fully saturated rings. The van der Waals surface area contributed by atoms with Crippen molar-refractivity contribution >= 4 is 11.6 Å². The highest BCUT2D eigenvalue weighted by Gasteiger charge is 2.13. The van der Waals surface area contributed by atoms with E-state index in [1.165, 1.54) is 5.56 Å². The van der Waals surface area contributed by atoms with Crippen molar-refractivity contribution in [3.63, 3.8) is 0 Å². The molecule has 0 aliphatic rings. The number of carbonyl (C=O) groups excluding carboxylic acids is 1. The highest BCUT2D eigenvalue weighted by molar-refractivity contribution is 5.82. The van der Waals surface area contributed by atoms with Gasteiger partial charge in [0.25, 0.3) is 0 Å². The van der Waals surface area contributed by atoms with Crippen molar-refractivity contribution in [3.05, 3.63) is 29.8 Å². The molecule has 3 nitrogen and oxygen atoms in total. The van der Waals surface area contributed by atoms with E-state index >= 15 is 0 Å². The molecule has 16 heavy (non-hydrogen) atoms. The second-order valence-corrected chi connectivity index (χ2v) is 5.10. The van der Waals surface area contributed by atoms with Crippen LogP contribution in [0.2, 0.25) is 0 Å². The maximum Gasteiger partial charge on any atom is 0.239 e. The molecule has 0 aliphatic carbocycles. The molecular formula is C13H20N2O. The zero-order valence-electron chi connectivity index (χ0n) is 10.4. The summed E-state index contributed by atoms with van der Waals surface area (Å²) in [7, 11) is 0. The van der Waals surface area contributed by atoms with Crippen molar-refractivity contribution in [1.29, 1.82) is 0 Å². The lowest BCUT2D eigenvalue weighted by Gasteiger charge is -2.20. The standard InChI is InChI=1S/C13H20N2O/c1-9(12(14)16)15-11-7-5-10(6-8-11)13(2,3)4/h5-9,15H,1-4H3,(H2,14,16)/t9-/m1/s1. The Morgan fingerprint density at radius 3 is 2.12 bits per heavy atom. The number of hydrogen-bond donors (Lipinski definition) is 2. The molecule has 1 aromatic rings. The van der Waals surface area contributed by atoms with Gasteiger partial charge >= 0.3 is 0 Å². The van der Waals surface area contributed by atoms with Crippen LogP contribution in [0.1, 0.15) is 33.3 Å². The minimum absolute atomic E-state index is 0.147. The molecule has 0 heterocycles. The summed E-state index contributed by atoms with van der Waals surface area (Å²) in [5.41, 5.74) is 7.51. The number of primary amides is 1. The highest BCUT2D eigenvalue weighted by Crippen LogP contribution is 2.23. The van der Waals surface area contributed by atoms with Crippen LogP contribution >= 0.6 is 0 Å². The monoisotopic (exact) mass is 220 g/mol. The molecule has 1 aromatic carbocycles. The first-order valence-electron chi connectivity index (χ1n) is 5.47. The maximum absolute atomic E-state index is 10.9. The van der Waals surface area contributed by atoms with Gasteiger partial charge in [-0.25, -0.2) is 0 Å². The molecule has 1 rings (SSSR count). The second-order valence-electron chi connectivity index (χ2n) is 5.10. The summed E-state index contributed by atoms with van der Waals surface area (Å²) in [6.45, 7) is 8.25. The molecule has 0 unspecified atom stereocenters. The van der Waals surface area contributed by atoms with E-state index in [2.05, 4.69) is 38.2 Å². The minimum atomic E-state index is -0.347. The van der Waals surface area contributed by atoms with Gasteiger partial charge in [0.1, 0.15) is 6.04 Å². The van der Waals surface area contributed by atoms with E-state index in [0.29, 0.717) is 0 Å². The van der Waals surface area contributed by atoms with Gasteiger partial charge in [-0.1, -0.05) is 32.9 Å². The van der Waals surface area contributed by atoms with Crippen LogP contribution in [0.25, 0.3) is 0 Å². The highest BCUT2D eigenvalue weighted by atomic mass is 16.1. The van der Waals surface area contributed by atoms with Crippen molar-refractivity contribution in [2.24, 2.45) is 5.73 Å². The van der Waals surface area contributed by atoms with Crippen LogP contribution in [0, 0.1) is 0 Å². The van der Waals surface area contributed by atoms with Crippen LogP contribution in [0.3, 0.4) is 0 Å². The molecule has 0 saturated heterocycles. The Labute approximate surface area is 97.0 Å². The van der Waals surface area contributed by atoms with E-state index in [-0.39, 0.29) is 17.4 Å². The first kappa shape index (κ1) is 12.6. The van der Waals surface area contributed by atoms with E-state index in [4.69, 9.17) is 5.73 Å². The normalized spacial score (nSPS) is 13.2. The zero-order valence-corrected chi connectivity index (χ0v) is 10.4. The first-order chi connectivity index (χ1) is 7.30. The Bertz CT molecular complexity index is 363. The Balaban J connectivity index is 2.76. The van der Waals surface area contributed by atoms with Gasteiger partial charge in [0, 0.05) is 5.69 Å². The number of amides is 1. The van der Waals surface area contributed by atoms with Gasteiger partial charge in [-0.05, 0) is 30.0 Å². The van der Waals surface area contributed by atoms with Crippen molar-refractivity contribution < 1.29 is 4.79 Å². The van der Waals surface area contributed by atoms with Crippen LogP contribution in [0.4, 0.5) is 5.69 Å². The Morgan fingerprint density at radius 1 is 1.25 bits per heavy atom. The summed E-state index contributed by atoms with van der Waals surface area (Å²) >= 11 is 0. The van der Waals surface area contributed by atoms with Gasteiger partial charge in [0.2, 0.25) is 5.91 Å². The zero-order chi connectivity index (χ0) is 12.3. The molecule has 3 heteroatoms. The summed E-state index contributed by atoms with van der Waals surface area (Å²) in [6, 6.07) is 7.73. The first-order valence-corrected chi connectivity index (χ1v) is 5.47. The fourth-order valence-electron chi connectivity index (χ4n) is 1.39. The number of nitrogens with one attached hydrogen (secondary N) is 1. The Hall–Kier alpha value is -1.51. The lowest BCUT2D eigenvalue weighted by molar-refractivity contribution is -0.118. The number of rotatable bonds is 3. The van der Waals surface area contributed by atoms with Crippen LogP contribution in [0.5, 0.6) is 0 Å². The fraction of sp³-hybridized carbons (Fsp3) is 0.462. The number of carbonyl (C=O) groups is 1. The van der Waals surface area contributed by atoms with E-state index in [9.17, 15) is 4.79 Å². The summed E-state index contributed by atoms with van der Waals surface area (Å²) in [5.74, 6) is -0.347. The third kappa shape index (κ3) is 3.26. The van der Waals surface area contributed by atoms with Gasteiger partial charge in [-0.3, -0.25) is 4.79 Å². The average molecular weight is 220 g/mol. The average Bonchev–Trinajstić information content (AvgIpc) is 2.17. The number of hydrogen-bond acceptors (Lipinski definition) is 2. The van der Waals surface area contributed by atoms with Crippen LogP contribution in [-0.4, -0.2) is 11.9 Å². The van der Waals surface area contributed by atoms with E-state index in [1.54, 1.807) is 6.92 Å². The van der Waals surface area contributed by atoms with E-state index in [1.807, 2.05) is 12.1 Å². The van der Waals surface area contributed by atoms with Gasteiger partial charge in [0.05, 0.1) is 0 Å². The summed E-state index contributed by atoms with van der Waals surface area (Å²) < 4.78 is 0. The minimum Gasteiger partial charge on any atom is -0.374 e. The molecule has 3 N–H and O–H groups in total. The molecule has 0 spiro atoms. The van der Waals surface area contributed by atoms with E-state index in [0.717, 1.165) is 5.69 Å². The molecule has 0 bridgehead atoms. The lowest BCUT2D eigenvalue weighted by atomic mass is 9.87. The molecule has 0 aliphatic heterocycles. The second kappa shape index (κ2) is 4.56. The predicted molar refractivity (Wildman–Crippen MR) is 67.4 cm³/mol. The Morgan fingerprint density at radius 2 is 1.75 bits per heavy atom. The fourth-order valence-corrected chi connectivity index (χ4v) is 1.39. The predicted octanol–water partition coefficient (Wildman–Crippen LogP) is 2.27. The van der Waals surface area contributed by atoms with Crippen molar-refractivity contribution in [2.75, 3.05) is 5.32 Å². The number of anilines is 1. The summed E-state index contributed by atoms with van der Waals surface area (Å²) in [5, 5.41) is 3.05. The van der Waals surface area contributed by atoms with Gasteiger partial charge < -0.3 is 11.1 Å². The molecule has 1 atom stereocenters.